The van der Waals surface area contributed by atoms with Crippen LogP contribution < -0.4 is 15.4 Å². The average molecular weight is 424 g/mol. The van der Waals surface area contributed by atoms with Crippen molar-refractivity contribution in [3.8, 4) is 5.75 Å². The van der Waals surface area contributed by atoms with E-state index in [4.69, 9.17) is 4.74 Å². The molecule has 2 aliphatic heterocycles. The first kappa shape index (κ1) is 21.6. The molecular weight excluding hydrogens is 390 g/mol. The SMILES string of the molecule is COc1ccc(CN2CCC(C3(CCC(C)C)NC(=O)NC3=O)CC2)c2ccccc12. The van der Waals surface area contributed by atoms with Crippen LogP contribution in [-0.4, -0.2) is 42.6 Å². The number of nitrogens with one attached hydrogen (secondary N) is 2. The Bertz CT molecular complexity index is 966. The number of fused-ring (bicyclic) bond motifs is 1. The van der Waals surface area contributed by atoms with Gasteiger partial charge in [-0.25, -0.2) is 4.79 Å². The van der Waals surface area contributed by atoms with Gasteiger partial charge in [-0.15, -0.1) is 0 Å². The summed E-state index contributed by atoms with van der Waals surface area (Å²) in [4.78, 5) is 27.2. The van der Waals surface area contributed by atoms with Crippen molar-refractivity contribution < 1.29 is 14.3 Å². The predicted molar refractivity (Wildman–Crippen MR) is 122 cm³/mol. The number of nitrogens with zero attached hydrogens (tertiary/aromatic N) is 1. The fraction of sp³-hybridized carbons (Fsp3) is 0.520. The molecule has 2 N–H and O–H groups in total. The fourth-order valence-corrected chi connectivity index (χ4v) is 5.16. The zero-order valence-electron chi connectivity index (χ0n) is 18.7. The Morgan fingerprint density at radius 2 is 1.81 bits per heavy atom. The summed E-state index contributed by atoms with van der Waals surface area (Å²) >= 11 is 0. The first-order valence-electron chi connectivity index (χ1n) is 11.3. The Kier molecular flexibility index (Phi) is 6.19. The Labute approximate surface area is 184 Å². The van der Waals surface area contributed by atoms with Gasteiger partial charge < -0.3 is 10.1 Å². The average Bonchev–Trinajstić information content (AvgIpc) is 3.07. The molecule has 2 aliphatic rings. The number of hydrogen-bond acceptors (Lipinski definition) is 4. The zero-order valence-corrected chi connectivity index (χ0v) is 18.7. The highest BCUT2D eigenvalue weighted by molar-refractivity contribution is 6.07. The number of likely N-dealkylation sites (tertiary alicyclic amines) is 1. The van der Waals surface area contributed by atoms with Crippen molar-refractivity contribution in [3.63, 3.8) is 0 Å². The van der Waals surface area contributed by atoms with E-state index in [1.807, 2.05) is 12.1 Å². The minimum atomic E-state index is -0.750. The maximum Gasteiger partial charge on any atom is 0.322 e. The van der Waals surface area contributed by atoms with Gasteiger partial charge in [0.1, 0.15) is 11.3 Å². The van der Waals surface area contributed by atoms with Gasteiger partial charge in [0.25, 0.3) is 5.91 Å². The highest BCUT2D eigenvalue weighted by Crippen LogP contribution is 2.36. The summed E-state index contributed by atoms with van der Waals surface area (Å²) < 4.78 is 5.53. The molecule has 2 fully saturated rings. The van der Waals surface area contributed by atoms with E-state index in [2.05, 4.69) is 53.6 Å². The Balaban J connectivity index is 1.47. The lowest BCUT2D eigenvalue weighted by Gasteiger charge is -2.41. The van der Waals surface area contributed by atoms with E-state index in [1.54, 1.807) is 7.11 Å². The number of carbonyl (C=O) groups excluding carboxylic acids is 2. The second kappa shape index (κ2) is 8.87. The fourth-order valence-electron chi connectivity index (χ4n) is 5.16. The molecule has 0 aromatic heterocycles. The molecule has 166 valence electrons. The Morgan fingerprint density at radius 3 is 2.42 bits per heavy atom. The lowest BCUT2D eigenvalue weighted by Crippen LogP contribution is -2.56. The highest BCUT2D eigenvalue weighted by atomic mass is 16.5. The second-order valence-electron chi connectivity index (χ2n) is 9.34. The molecule has 0 radical (unpaired) electrons. The molecule has 6 heteroatoms. The summed E-state index contributed by atoms with van der Waals surface area (Å²) in [6, 6.07) is 12.2. The van der Waals surface area contributed by atoms with E-state index < -0.39 is 5.54 Å². The van der Waals surface area contributed by atoms with Gasteiger partial charge >= 0.3 is 6.03 Å². The normalized spacial score (nSPS) is 22.7. The van der Waals surface area contributed by atoms with Gasteiger partial charge in [-0.3, -0.25) is 15.0 Å². The van der Waals surface area contributed by atoms with E-state index >= 15 is 0 Å². The van der Waals surface area contributed by atoms with Crippen LogP contribution in [0.1, 0.15) is 45.1 Å². The van der Waals surface area contributed by atoms with Crippen LogP contribution in [-0.2, 0) is 11.3 Å². The van der Waals surface area contributed by atoms with Crippen molar-refractivity contribution in [2.24, 2.45) is 11.8 Å². The molecule has 31 heavy (non-hydrogen) atoms. The van der Waals surface area contributed by atoms with Crippen molar-refractivity contribution in [1.29, 1.82) is 0 Å². The van der Waals surface area contributed by atoms with Crippen LogP contribution in [0.15, 0.2) is 36.4 Å². The quantitative estimate of drug-likeness (QED) is 0.659. The van der Waals surface area contributed by atoms with E-state index in [9.17, 15) is 9.59 Å². The monoisotopic (exact) mass is 423 g/mol. The molecule has 4 rings (SSSR count). The standard InChI is InChI=1S/C25H33N3O3/c1-17(2)10-13-25(23(29)26-24(30)27-25)19-11-14-28(15-12-19)16-18-8-9-22(31-3)21-7-5-4-6-20(18)21/h4-9,17,19H,10-16H2,1-3H3,(H2,26,27,29,30). The van der Waals surface area contributed by atoms with Crippen LogP contribution in [0, 0.1) is 11.8 Å². The molecule has 0 saturated carbocycles. The number of piperidine rings is 1. The Morgan fingerprint density at radius 1 is 1.10 bits per heavy atom. The van der Waals surface area contributed by atoms with Gasteiger partial charge in [0.15, 0.2) is 0 Å². The first-order chi connectivity index (χ1) is 14.9. The van der Waals surface area contributed by atoms with Crippen molar-refractivity contribution in [2.45, 2.75) is 51.6 Å². The molecule has 1 unspecified atom stereocenters. The minimum Gasteiger partial charge on any atom is -0.496 e. The summed E-state index contributed by atoms with van der Waals surface area (Å²) in [5.74, 6) is 1.41. The molecule has 1 atom stereocenters. The highest BCUT2D eigenvalue weighted by Gasteiger charge is 2.51. The third-order valence-corrected chi connectivity index (χ3v) is 6.96. The smallest absolute Gasteiger partial charge is 0.322 e. The van der Waals surface area contributed by atoms with Crippen LogP contribution in [0.5, 0.6) is 5.75 Å². The second-order valence-corrected chi connectivity index (χ2v) is 9.34. The first-order valence-corrected chi connectivity index (χ1v) is 11.3. The van der Waals surface area contributed by atoms with Crippen LogP contribution in [0.25, 0.3) is 10.8 Å². The maximum absolute atomic E-state index is 12.8. The molecule has 6 nitrogen and oxygen atoms in total. The Hall–Kier alpha value is -2.60. The van der Waals surface area contributed by atoms with Gasteiger partial charge in [0.05, 0.1) is 7.11 Å². The molecule has 3 amide bonds. The van der Waals surface area contributed by atoms with Gasteiger partial charge in [-0.1, -0.05) is 44.2 Å². The van der Waals surface area contributed by atoms with E-state index in [0.717, 1.165) is 50.0 Å². The summed E-state index contributed by atoms with van der Waals surface area (Å²) in [5.41, 5.74) is 0.538. The minimum absolute atomic E-state index is 0.141. The molecular formula is C25H33N3O3. The molecule has 2 heterocycles. The summed E-state index contributed by atoms with van der Waals surface area (Å²) in [7, 11) is 1.71. The predicted octanol–water partition coefficient (Wildman–Crippen LogP) is 4.07. The topological polar surface area (TPSA) is 70.7 Å². The van der Waals surface area contributed by atoms with Gasteiger partial charge in [0, 0.05) is 11.9 Å². The third-order valence-electron chi connectivity index (χ3n) is 6.96. The number of amides is 3. The maximum atomic E-state index is 12.8. The third kappa shape index (κ3) is 4.26. The summed E-state index contributed by atoms with van der Waals surface area (Å²) in [5, 5.41) is 7.86. The summed E-state index contributed by atoms with van der Waals surface area (Å²) in [6.07, 6.45) is 3.43. The van der Waals surface area contributed by atoms with Gasteiger partial charge in [-0.2, -0.15) is 0 Å². The molecule has 2 aromatic rings. The number of imide groups is 1. The van der Waals surface area contributed by atoms with Crippen molar-refractivity contribution in [1.82, 2.24) is 15.5 Å². The molecule has 0 aliphatic carbocycles. The number of rotatable bonds is 7. The number of carbonyl (C=O) groups is 2. The van der Waals surface area contributed by atoms with Crippen molar-refractivity contribution in [2.75, 3.05) is 20.2 Å². The van der Waals surface area contributed by atoms with Gasteiger partial charge in [0.2, 0.25) is 0 Å². The lowest BCUT2D eigenvalue weighted by atomic mass is 9.74. The van der Waals surface area contributed by atoms with Crippen LogP contribution in [0.4, 0.5) is 4.79 Å². The van der Waals surface area contributed by atoms with E-state index in [-0.39, 0.29) is 17.9 Å². The van der Waals surface area contributed by atoms with E-state index in [1.165, 1.54) is 10.9 Å². The lowest BCUT2D eigenvalue weighted by molar-refractivity contribution is -0.127. The molecule has 0 bridgehead atoms. The molecule has 2 saturated heterocycles. The van der Waals surface area contributed by atoms with Crippen LogP contribution in [0.2, 0.25) is 0 Å². The van der Waals surface area contributed by atoms with Crippen LogP contribution in [0.3, 0.4) is 0 Å². The molecule has 0 spiro atoms. The zero-order chi connectivity index (χ0) is 22.0. The number of benzene rings is 2. The van der Waals surface area contributed by atoms with Crippen molar-refractivity contribution >= 4 is 22.7 Å². The molecule has 2 aromatic carbocycles. The number of methoxy groups -OCH3 is 1. The number of urea groups is 1. The number of ether oxygens (including phenoxy) is 1. The van der Waals surface area contributed by atoms with Crippen LogP contribution >= 0.6 is 0 Å². The number of hydrogen-bond donors (Lipinski definition) is 2. The van der Waals surface area contributed by atoms with Crippen molar-refractivity contribution in [3.05, 3.63) is 42.0 Å². The summed E-state index contributed by atoms with van der Waals surface area (Å²) in [6.45, 7) is 7.01. The largest absolute Gasteiger partial charge is 0.496 e. The van der Waals surface area contributed by atoms with E-state index in [0.29, 0.717) is 12.3 Å². The van der Waals surface area contributed by atoms with Gasteiger partial charge in [-0.05, 0) is 67.6 Å².